The fourth-order valence-corrected chi connectivity index (χ4v) is 2.97. The number of fused-ring (bicyclic) bond motifs is 2. The number of aliphatic imine (C=N–C) groups is 1. The molecule has 0 aromatic carbocycles. The molecule has 0 aromatic heterocycles. The highest BCUT2D eigenvalue weighted by atomic mass is 16.5. The van der Waals surface area contributed by atoms with Gasteiger partial charge in [0, 0.05) is 18.8 Å². The van der Waals surface area contributed by atoms with Gasteiger partial charge >= 0.3 is 0 Å². The van der Waals surface area contributed by atoms with Crippen molar-refractivity contribution in [2.75, 3.05) is 21.1 Å². The van der Waals surface area contributed by atoms with Gasteiger partial charge in [-0.05, 0) is 45.5 Å². The molecule has 3 rings (SSSR count). The standard InChI is InChI=1S/C16H20N2O2/c1-17-10-4-6-12-14(8-10)20-15-9-11(18(2)3)5-7-13(15)16(12)19/h7-9,11-12H,4-6H2,1-3H3. The van der Waals surface area contributed by atoms with Crippen LogP contribution in [0.25, 0.3) is 0 Å². The SMILES string of the molecule is CN=C1C=C2OC3=CC(N(C)C)CC=C3C(=O)C2CC1. The van der Waals surface area contributed by atoms with Crippen molar-refractivity contribution in [3.8, 4) is 0 Å². The number of ketones is 1. The van der Waals surface area contributed by atoms with Gasteiger partial charge in [-0.1, -0.05) is 6.08 Å². The molecular formula is C16H20N2O2. The Hall–Kier alpha value is -1.68. The van der Waals surface area contributed by atoms with Crippen molar-refractivity contribution in [3.63, 3.8) is 0 Å². The van der Waals surface area contributed by atoms with E-state index in [2.05, 4.69) is 16.0 Å². The third-order valence-electron chi connectivity index (χ3n) is 4.27. The second-order valence-corrected chi connectivity index (χ2v) is 5.73. The van der Waals surface area contributed by atoms with E-state index in [1.54, 1.807) is 7.05 Å². The summed E-state index contributed by atoms with van der Waals surface area (Å²) >= 11 is 0. The number of Topliss-reactive ketones (excluding diaryl/α,β-unsaturated/α-hetero) is 1. The molecule has 4 nitrogen and oxygen atoms in total. The number of likely N-dealkylation sites (N-methyl/N-ethyl adjacent to an activating group) is 1. The topological polar surface area (TPSA) is 41.9 Å². The van der Waals surface area contributed by atoms with Crippen molar-refractivity contribution in [1.29, 1.82) is 0 Å². The van der Waals surface area contributed by atoms with Gasteiger partial charge in [0.05, 0.1) is 11.5 Å². The van der Waals surface area contributed by atoms with E-state index in [9.17, 15) is 4.79 Å². The number of carbonyl (C=O) groups excluding carboxylic acids is 1. The zero-order valence-corrected chi connectivity index (χ0v) is 12.2. The van der Waals surface area contributed by atoms with Crippen LogP contribution in [0.15, 0.2) is 40.3 Å². The molecule has 2 unspecified atom stereocenters. The molecule has 1 fully saturated rings. The highest BCUT2D eigenvalue weighted by Crippen LogP contribution is 2.39. The lowest BCUT2D eigenvalue weighted by atomic mass is 9.81. The first kappa shape index (κ1) is 13.3. The summed E-state index contributed by atoms with van der Waals surface area (Å²) in [5.74, 6) is 1.59. The van der Waals surface area contributed by atoms with Gasteiger partial charge < -0.3 is 9.64 Å². The molecule has 1 heterocycles. The normalized spacial score (nSPS) is 31.1. The van der Waals surface area contributed by atoms with E-state index in [-0.39, 0.29) is 11.7 Å². The quantitative estimate of drug-likeness (QED) is 0.734. The molecule has 2 aliphatic carbocycles. The maximum Gasteiger partial charge on any atom is 0.176 e. The molecule has 0 N–H and O–H groups in total. The minimum Gasteiger partial charge on any atom is -0.460 e. The number of ether oxygens (including phenoxy) is 1. The molecule has 0 spiro atoms. The lowest BCUT2D eigenvalue weighted by Crippen LogP contribution is -2.35. The van der Waals surface area contributed by atoms with Crippen LogP contribution in [0.1, 0.15) is 19.3 Å². The van der Waals surface area contributed by atoms with Gasteiger partial charge in [0.1, 0.15) is 11.5 Å². The van der Waals surface area contributed by atoms with Crippen LogP contribution >= 0.6 is 0 Å². The molecule has 0 amide bonds. The number of carbonyl (C=O) groups is 1. The summed E-state index contributed by atoms with van der Waals surface area (Å²) in [4.78, 5) is 18.9. The van der Waals surface area contributed by atoms with Crippen molar-refractivity contribution >= 4 is 11.5 Å². The van der Waals surface area contributed by atoms with Gasteiger partial charge in [-0.15, -0.1) is 0 Å². The molecule has 4 heteroatoms. The second-order valence-electron chi connectivity index (χ2n) is 5.73. The van der Waals surface area contributed by atoms with Crippen molar-refractivity contribution in [2.24, 2.45) is 10.9 Å². The summed E-state index contributed by atoms with van der Waals surface area (Å²) in [7, 11) is 5.86. The Bertz CT molecular complexity index is 567. The third kappa shape index (κ3) is 2.14. The monoisotopic (exact) mass is 272 g/mol. The largest absolute Gasteiger partial charge is 0.460 e. The van der Waals surface area contributed by atoms with Crippen LogP contribution in [-0.2, 0) is 9.53 Å². The van der Waals surface area contributed by atoms with Gasteiger partial charge in [0.2, 0.25) is 0 Å². The minimum absolute atomic E-state index is 0.111. The number of allylic oxidation sites excluding steroid dienone is 3. The van der Waals surface area contributed by atoms with Crippen molar-refractivity contribution < 1.29 is 9.53 Å². The number of rotatable bonds is 1. The summed E-state index contributed by atoms with van der Waals surface area (Å²) in [6.45, 7) is 0. The molecule has 0 bridgehead atoms. The van der Waals surface area contributed by atoms with Gasteiger partial charge in [-0.3, -0.25) is 9.79 Å². The van der Waals surface area contributed by atoms with Gasteiger partial charge in [-0.25, -0.2) is 0 Å². The number of hydrogen-bond acceptors (Lipinski definition) is 4. The predicted octanol–water partition coefficient (Wildman–Crippen LogP) is 2.09. The molecule has 3 aliphatic rings. The average Bonchev–Trinajstić information content (AvgIpc) is 2.46. The highest BCUT2D eigenvalue weighted by molar-refractivity contribution is 6.06. The first-order valence-electron chi connectivity index (χ1n) is 7.08. The van der Waals surface area contributed by atoms with E-state index in [4.69, 9.17) is 4.74 Å². The van der Waals surface area contributed by atoms with E-state index >= 15 is 0 Å². The first-order chi connectivity index (χ1) is 9.60. The van der Waals surface area contributed by atoms with Crippen LogP contribution in [0, 0.1) is 5.92 Å². The van der Waals surface area contributed by atoms with Crippen molar-refractivity contribution in [1.82, 2.24) is 4.90 Å². The second kappa shape index (κ2) is 5.02. The van der Waals surface area contributed by atoms with Crippen LogP contribution in [0.5, 0.6) is 0 Å². The molecule has 1 aliphatic heterocycles. The molecule has 0 aromatic rings. The Morgan fingerprint density at radius 1 is 1.40 bits per heavy atom. The number of nitrogens with zero attached hydrogens (tertiary/aromatic N) is 2. The minimum atomic E-state index is -0.111. The maximum absolute atomic E-state index is 12.6. The van der Waals surface area contributed by atoms with Crippen LogP contribution in [0.3, 0.4) is 0 Å². The smallest absolute Gasteiger partial charge is 0.176 e. The van der Waals surface area contributed by atoms with Crippen LogP contribution in [0.4, 0.5) is 0 Å². The Morgan fingerprint density at radius 3 is 2.90 bits per heavy atom. The summed E-state index contributed by atoms with van der Waals surface area (Å²) in [5.41, 5.74) is 1.78. The zero-order valence-electron chi connectivity index (χ0n) is 12.2. The third-order valence-corrected chi connectivity index (χ3v) is 4.27. The lowest BCUT2D eigenvalue weighted by Gasteiger charge is -2.34. The summed E-state index contributed by atoms with van der Waals surface area (Å²) in [6, 6.07) is 0.293. The van der Waals surface area contributed by atoms with Gasteiger partial charge in [0.15, 0.2) is 5.78 Å². The molecule has 1 saturated heterocycles. The highest BCUT2D eigenvalue weighted by Gasteiger charge is 2.38. The fraction of sp³-hybridized carbons (Fsp3) is 0.500. The molecule has 0 radical (unpaired) electrons. The van der Waals surface area contributed by atoms with Gasteiger partial charge in [0.25, 0.3) is 0 Å². The van der Waals surface area contributed by atoms with E-state index in [0.717, 1.165) is 42.1 Å². The summed E-state index contributed by atoms with van der Waals surface area (Å²) < 4.78 is 6.00. The summed E-state index contributed by atoms with van der Waals surface area (Å²) in [5, 5.41) is 0. The molecular weight excluding hydrogens is 252 g/mol. The fourth-order valence-electron chi connectivity index (χ4n) is 2.97. The maximum atomic E-state index is 12.6. The first-order valence-corrected chi connectivity index (χ1v) is 7.08. The van der Waals surface area contributed by atoms with Crippen LogP contribution < -0.4 is 0 Å². The van der Waals surface area contributed by atoms with E-state index in [1.165, 1.54) is 0 Å². The van der Waals surface area contributed by atoms with Crippen LogP contribution in [-0.4, -0.2) is 43.6 Å². The predicted molar refractivity (Wildman–Crippen MR) is 78.5 cm³/mol. The molecule has 106 valence electrons. The van der Waals surface area contributed by atoms with Crippen molar-refractivity contribution in [2.45, 2.75) is 25.3 Å². The molecule has 20 heavy (non-hydrogen) atoms. The Kier molecular flexibility index (Phi) is 3.34. The lowest BCUT2D eigenvalue weighted by molar-refractivity contribution is -0.120. The Balaban J connectivity index is 1.95. The molecule has 2 atom stereocenters. The number of hydrogen-bond donors (Lipinski definition) is 0. The van der Waals surface area contributed by atoms with Gasteiger partial charge in [-0.2, -0.15) is 0 Å². The zero-order chi connectivity index (χ0) is 14.3. The van der Waals surface area contributed by atoms with Crippen LogP contribution in [0.2, 0.25) is 0 Å². The Morgan fingerprint density at radius 2 is 2.20 bits per heavy atom. The molecule has 0 saturated carbocycles. The average molecular weight is 272 g/mol. The van der Waals surface area contributed by atoms with E-state index in [1.807, 2.05) is 26.2 Å². The summed E-state index contributed by atoms with van der Waals surface area (Å²) in [6.07, 6.45) is 8.55. The Labute approximate surface area is 119 Å². The van der Waals surface area contributed by atoms with E-state index in [0.29, 0.717) is 6.04 Å². The van der Waals surface area contributed by atoms with E-state index < -0.39 is 0 Å². The van der Waals surface area contributed by atoms with Crippen molar-refractivity contribution in [3.05, 3.63) is 35.3 Å².